The highest BCUT2D eigenvalue weighted by molar-refractivity contribution is 6.32. The molecular formula is C8H9ClN2O2. The van der Waals surface area contributed by atoms with Crippen molar-refractivity contribution in [3.8, 4) is 5.75 Å². The van der Waals surface area contributed by atoms with Crippen LogP contribution in [-0.2, 0) is 0 Å². The molecule has 1 rings (SSSR count). The largest absolute Gasteiger partial charge is 0.495 e. The van der Waals surface area contributed by atoms with Gasteiger partial charge in [-0.05, 0) is 6.07 Å². The Hall–Kier alpha value is -1.42. The zero-order valence-corrected chi connectivity index (χ0v) is 7.76. The third kappa shape index (κ3) is 1.84. The van der Waals surface area contributed by atoms with Crippen LogP contribution < -0.4 is 16.2 Å². The van der Waals surface area contributed by atoms with Gasteiger partial charge < -0.3 is 16.2 Å². The molecule has 0 bridgehead atoms. The zero-order chi connectivity index (χ0) is 10.0. The summed E-state index contributed by atoms with van der Waals surface area (Å²) in [4.78, 5) is 10.8. The highest BCUT2D eigenvalue weighted by Crippen LogP contribution is 2.29. The maximum atomic E-state index is 10.8. The number of carbonyl (C=O) groups excluding carboxylic acids is 1. The van der Waals surface area contributed by atoms with E-state index in [4.69, 9.17) is 27.8 Å². The Labute approximate surface area is 80.4 Å². The zero-order valence-electron chi connectivity index (χ0n) is 7.00. The van der Waals surface area contributed by atoms with E-state index < -0.39 is 5.91 Å². The number of halogens is 1. The maximum absolute atomic E-state index is 10.8. The number of primary amides is 1. The van der Waals surface area contributed by atoms with E-state index in [1.165, 1.54) is 19.2 Å². The summed E-state index contributed by atoms with van der Waals surface area (Å²) in [6, 6.07) is 2.85. The molecule has 0 spiro atoms. The van der Waals surface area contributed by atoms with Gasteiger partial charge in [0.15, 0.2) is 0 Å². The molecular weight excluding hydrogens is 192 g/mol. The second kappa shape index (κ2) is 3.53. The first kappa shape index (κ1) is 9.67. The molecule has 1 amide bonds. The molecule has 1 aromatic carbocycles. The SMILES string of the molecule is COc1cc(N)c(C(N)=O)cc1Cl. The van der Waals surface area contributed by atoms with E-state index >= 15 is 0 Å². The minimum atomic E-state index is -0.609. The number of amides is 1. The van der Waals surface area contributed by atoms with Crippen molar-refractivity contribution in [2.24, 2.45) is 5.73 Å². The number of rotatable bonds is 2. The molecule has 0 aliphatic rings. The normalized spacial score (nSPS) is 9.69. The summed E-state index contributed by atoms with van der Waals surface area (Å²) in [5.41, 5.74) is 11.0. The van der Waals surface area contributed by atoms with Crippen LogP contribution >= 0.6 is 11.6 Å². The predicted molar refractivity (Wildman–Crippen MR) is 50.9 cm³/mol. The van der Waals surface area contributed by atoms with Crippen LogP contribution in [0.4, 0.5) is 5.69 Å². The summed E-state index contributed by atoms with van der Waals surface area (Å²) in [5.74, 6) is -0.189. The molecule has 4 nitrogen and oxygen atoms in total. The lowest BCUT2D eigenvalue weighted by Crippen LogP contribution is -2.13. The van der Waals surface area contributed by atoms with Crippen LogP contribution in [0.2, 0.25) is 5.02 Å². The van der Waals surface area contributed by atoms with E-state index in [9.17, 15) is 4.79 Å². The van der Waals surface area contributed by atoms with E-state index in [2.05, 4.69) is 0 Å². The number of hydrogen-bond donors (Lipinski definition) is 2. The van der Waals surface area contributed by atoms with E-state index in [-0.39, 0.29) is 11.3 Å². The molecule has 0 aromatic heterocycles. The van der Waals surface area contributed by atoms with E-state index in [1.807, 2.05) is 0 Å². The number of hydrogen-bond acceptors (Lipinski definition) is 3. The average molecular weight is 201 g/mol. The topological polar surface area (TPSA) is 78.3 Å². The van der Waals surface area contributed by atoms with Gasteiger partial charge in [-0.1, -0.05) is 11.6 Å². The number of nitrogens with two attached hydrogens (primary N) is 2. The quantitative estimate of drug-likeness (QED) is 0.700. The van der Waals surface area contributed by atoms with Crippen molar-refractivity contribution in [2.45, 2.75) is 0 Å². The average Bonchev–Trinajstić information content (AvgIpc) is 2.07. The van der Waals surface area contributed by atoms with Crippen LogP contribution in [0.15, 0.2) is 12.1 Å². The van der Waals surface area contributed by atoms with Crippen molar-refractivity contribution in [3.05, 3.63) is 22.7 Å². The minimum absolute atomic E-state index is 0.200. The molecule has 0 aliphatic carbocycles. The molecule has 13 heavy (non-hydrogen) atoms. The maximum Gasteiger partial charge on any atom is 0.250 e. The van der Waals surface area contributed by atoms with Crippen LogP contribution in [0, 0.1) is 0 Å². The number of anilines is 1. The first-order valence-electron chi connectivity index (χ1n) is 3.49. The van der Waals surface area contributed by atoms with E-state index in [1.54, 1.807) is 0 Å². The lowest BCUT2D eigenvalue weighted by Gasteiger charge is -2.06. The Balaban J connectivity index is 3.28. The summed E-state index contributed by atoms with van der Waals surface area (Å²) in [5, 5.41) is 0.311. The molecule has 0 saturated heterocycles. The first-order chi connectivity index (χ1) is 6.06. The second-order valence-electron chi connectivity index (χ2n) is 2.44. The standard InChI is InChI=1S/C8H9ClN2O2/c1-13-7-3-6(10)4(8(11)12)2-5(7)9/h2-3H,10H2,1H3,(H2,11,12). The Morgan fingerprint density at radius 2 is 2.15 bits per heavy atom. The van der Waals surface area contributed by atoms with Crippen LogP contribution in [0.5, 0.6) is 5.75 Å². The van der Waals surface area contributed by atoms with Gasteiger partial charge in [0.25, 0.3) is 5.91 Å². The van der Waals surface area contributed by atoms with Gasteiger partial charge in [0.1, 0.15) is 5.75 Å². The van der Waals surface area contributed by atoms with Gasteiger partial charge in [0.05, 0.1) is 17.7 Å². The number of benzene rings is 1. The number of methoxy groups -OCH3 is 1. The highest BCUT2D eigenvalue weighted by atomic mass is 35.5. The molecule has 0 radical (unpaired) electrons. The van der Waals surface area contributed by atoms with Crippen LogP contribution in [0.25, 0.3) is 0 Å². The van der Waals surface area contributed by atoms with Gasteiger partial charge >= 0.3 is 0 Å². The molecule has 70 valence electrons. The summed E-state index contributed by atoms with van der Waals surface area (Å²) < 4.78 is 4.90. The second-order valence-corrected chi connectivity index (χ2v) is 2.85. The van der Waals surface area contributed by atoms with Gasteiger partial charge in [0, 0.05) is 11.8 Å². The lowest BCUT2D eigenvalue weighted by molar-refractivity contribution is 0.100. The molecule has 0 aliphatic heterocycles. The van der Waals surface area contributed by atoms with Crippen molar-refractivity contribution in [1.82, 2.24) is 0 Å². The third-order valence-electron chi connectivity index (χ3n) is 1.59. The van der Waals surface area contributed by atoms with Crippen LogP contribution in [0.1, 0.15) is 10.4 Å². The minimum Gasteiger partial charge on any atom is -0.495 e. The Morgan fingerprint density at radius 1 is 1.54 bits per heavy atom. The first-order valence-corrected chi connectivity index (χ1v) is 3.87. The summed E-state index contributed by atoms with van der Waals surface area (Å²) in [7, 11) is 1.46. The number of nitrogen functional groups attached to an aromatic ring is 1. The molecule has 0 fully saturated rings. The Bertz CT molecular complexity index is 352. The van der Waals surface area contributed by atoms with E-state index in [0.717, 1.165) is 0 Å². The fourth-order valence-electron chi connectivity index (χ4n) is 0.939. The smallest absolute Gasteiger partial charge is 0.250 e. The third-order valence-corrected chi connectivity index (χ3v) is 1.88. The van der Waals surface area contributed by atoms with Crippen LogP contribution in [0.3, 0.4) is 0 Å². The van der Waals surface area contributed by atoms with Crippen molar-refractivity contribution in [2.75, 3.05) is 12.8 Å². The van der Waals surface area contributed by atoms with E-state index in [0.29, 0.717) is 10.8 Å². The summed E-state index contributed by atoms with van der Waals surface area (Å²) in [6.45, 7) is 0. The fourth-order valence-corrected chi connectivity index (χ4v) is 1.18. The Kier molecular flexibility index (Phi) is 2.63. The van der Waals surface area contributed by atoms with Crippen molar-refractivity contribution in [1.29, 1.82) is 0 Å². The molecule has 5 heteroatoms. The van der Waals surface area contributed by atoms with Crippen molar-refractivity contribution >= 4 is 23.2 Å². The highest BCUT2D eigenvalue weighted by Gasteiger charge is 2.10. The summed E-state index contributed by atoms with van der Waals surface area (Å²) >= 11 is 5.76. The molecule has 0 unspecified atom stereocenters. The molecule has 0 saturated carbocycles. The van der Waals surface area contributed by atoms with Crippen molar-refractivity contribution < 1.29 is 9.53 Å². The molecule has 4 N–H and O–H groups in total. The fraction of sp³-hybridized carbons (Fsp3) is 0.125. The van der Waals surface area contributed by atoms with Crippen molar-refractivity contribution in [3.63, 3.8) is 0 Å². The monoisotopic (exact) mass is 200 g/mol. The number of ether oxygens (including phenoxy) is 1. The van der Waals surface area contributed by atoms with Gasteiger partial charge in [-0.15, -0.1) is 0 Å². The van der Waals surface area contributed by atoms with Gasteiger partial charge in [-0.2, -0.15) is 0 Å². The lowest BCUT2D eigenvalue weighted by atomic mass is 10.1. The van der Waals surface area contributed by atoms with Gasteiger partial charge in [-0.3, -0.25) is 4.79 Å². The molecule has 0 heterocycles. The summed E-state index contributed by atoms with van der Waals surface area (Å²) in [6.07, 6.45) is 0. The van der Waals surface area contributed by atoms with Gasteiger partial charge in [-0.25, -0.2) is 0 Å². The number of carbonyl (C=O) groups is 1. The van der Waals surface area contributed by atoms with Crippen LogP contribution in [-0.4, -0.2) is 13.0 Å². The Morgan fingerprint density at radius 3 is 2.62 bits per heavy atom. The van der Waals surface area contributed by atoms with Gasteiger partial charge in [0.2, 0.25) is 0 Å². The predicted octanol–water partition coefficient (Wildman–Crippen LogP) is 1.03. The molecule has 0 atom stereocenters. The molecule has 1 aromatic rings.